The van der Waals surface area contributed by atoms with Crippen LogP contribution in [-0.2, 0) is 14.4 Å². The molecule has 33 heavy (non-hydrogen) atoms. The molecule has 0 saturated carbocycles. The Morgan fingerprint density at radius 2 is 1.30 bits per heavy atom. The highest BCUT2D eigenvalue weighted by Crippen LogP contribution is 2.20. The summed E-state index contributed by atoms with van der Waals surface area (Å²) in [6, 6.07) is 0. The summed E-state index contributed by atoms with van der Waals surface area (Å²) < 4.78 is 0. The van der Waals surface area contributed by atoms with E-state index in [1.807, 2.05) is 37.5 Å². The fourth-order valence-electron chi connectivity index (χ4n) is 3.09. The largest absolute Gasteiger partial charge is 0.480 e. The molecular formula is C22H42N4O7. The maximum absolute atomic E-state index is 11.3. The van der Waals surface area contributed by atoms with Gasteiger partial charge in [0.05, 0.1) is 19.2 Å². The fourth-order valence-corrected chi connectivity index (χ4v) is 3.09. The van der Waals surface area contributed by atoms with Crippen molar-refractivity contribution >= 4 is 24.1 Å². The second kappa shape index (κ2) is 16.5. The molecule has 0 aromatic heterocycles. The van der Waals surface area contributed by atoms with E-state index in [4.69, 9.17) is 10.2 Å². The number of hydrogen-bond acceptors (Lipinski definition) is 8. The van der Waals surface area contributed by atoms with Crippen LogP contribution in [0.4, 0.5) is 0 Å². The van der Waals surface area contributed by atoms with E-state index in [-0.39, 0.29) is 25.0 Å². The normalized spacial score (nSPS) is 13.3. The van der Waals surface area contributed by atoms with Crippen molar-refractivity contribution in [1.82, 2.24) is 14.7 Å². The molecule has 0 rings (SSSR count). The number of nitrogens with zero attached hydrogens (tertiary/aromatic N) is 4. The predicted molar refractivity (Wildman–Crippen MR) is 126 cm³/mol. The Bertz CT molecular complexity index is 622. The standard InChI is InChI=1S/C22H42N4O7/c1-5-8-24(16-20(30)31)10-12-26(15-18(27)22(2,3)4)13-11-25(17-21(32)33)9-6-7-23-14-19(28)29/h7,18,27H,5-6,8-17H2,1-4H3,(H,28,29)(H,30,31)(H,32,33)/b23-7-. The molecular weight excluding hydrogens is 432 g/mol. The van der Waals surface area contributed by atoms with Crippen LogP contribution in [0, 0.1) is 5.41 Å². The SMILES string of the molecule is CCCN(CCN(CCN(CC/C=N\CC(=O)O)CC(=O)O)CC(O)C(C)(C)C)CC(=O)O. The van der Waals surface area contributed by atoms with Gasteiger partial charge in [0.25, 0.3) is 0 Å². The van der Waals surface area contributed by atoms with Gasteiger partial charge in [0.15, 0.2) is 0 Å². The van der Waals surface area contributed by atoms with Crippen LogP contribution in [0.25, 0.3) is 0 Å². The Balaban J connectivity index is 5.09. The Labute approximate surface area is 196 Å². The molecule has 0 aliphatic carbocycles. The minimum atomic E-state index is -1.03. The second-order valence-corrected chi connectivity index (χ2v) is 9.23. The lowest BCUT2D eigenvalue weighted by molar-refractivity contribution is -0.139. The molecule has 192 valence electrons. The van der Waals surface area contributed by atoms with Gasteiger partial charge in [-0.05, 0) is 24.8 Å². The van der Waals surface area contributed by atoms with Crippen LogP contribution >= 0.6 is 0 Å². The van der Waals surface area contributed by atoms with Crippen LogP contribution in [0.15, 0.2) is 4.99 Å². The lowest BCUT2D eigenvalue weighted by Crippen LogP contribution is -2.46. The fraction of sp³-hybridized carbons (Fsp3) is 0.818. The van der Waals surface area contributed by atoms with E-state index in [0.717, 1.165) is 6.42 Å². The smallest absolute Gasteiger partial charge is 0.325 e. The summed E-state index contributed by atoms with van der Waals surface area (Å²) >= 11 is 0. The summed E-state index contributed by atoms with van der Waals surface area (Å²) in [7, 11) is 0. The molecule has 11 nitrogen and oxygen atoms in total. The molecule has 0 aliphatic rings. The van der Waals surface area contributed by atoms with E-state index in [2.05, 4.69) is 4.99 Å². The van der Waals surface area contributed by atoms with Crippen LogP contribution in [0.1, 0.15) is 40.5 Å². The van der Waals surface area contributed by atoms with Gasteiger partial charge in [0, 0.05) is 45.5 Å². The zero-order valence-corrected chi connectivity index (χ0v) is 20.4. The molecule has 4 N–H and O–H groups in total. The number of aliphatic hydroxyl groups excluding tert-OH is 1. The van der Waals surface area contributed by atoms with E-state index in [9.17, 15) is 24.6 Å². The van der Waals surface area contributed by atoms with Crippen molar-refractivity contribution in [3.8, 4) is 0 Å². The number of aliphatic carboxylic acids is 3. The highest BCUT2D eigenvalue weighted by molar-refractivity contribution is 5.72. The van der Waals surface area contributed by atoms with Gasteiger partial charge in [-0.1, -0.05) is 27.7 Å². The quantitative estimate of drug-likeness (QED) is 0.194. The van der Waals surface area contributed by atoms with Crippen LogP contribution in [0.5, 0.6) is 0 Å². The zero-order chi connectivity index (χ0) is 25.4. The Kier molecular flexibility index (Phi) is 15.5. The summed E-state index contributed by atoms with van der Waals surface area (Å²) in [6.45, 7) is 10.7. The van der Waals surface area contributed by atoms with Gasteiger partial charge in [-0.25, -0.2) is 0 Å². The van der Waals surface area contributed by atoms with Crippen molar-refractivity contribution in [3.63, 3.8) is 0 Å². The minimum Gasteiger partial charge on any atom is -0.480 e. The maximum Gasteiger partial charge on any atom is 0.325 e. The summed E-state index contributed by atoms with van der Waals surface area (Å²) in [5, 5.41) is 37.6. The topological polar surface area (TPSA) is 154 Å². The number of hydrogen-bond donors (Lipinski definition) is 4. The van der Waals surface area contributed by atoms with Gasteiger partial charge in [-0.2, -0.15) is 0 Å². The number of carboxylic acid groups (broad SMARTS) is 3. The van der Waals surface area contributed by atoms with Gasteiger partial charge < -0.3 is 20.4 Å². The van der Waals surface area contributed by atoms with Crippen LogP contribution in [0.3, 0.4) is 0 Å². The van der Waals surface area contributed by atoms with Gasteiger partial charge in [-0.3, -0.25) is 34.1 Å². The molecule has 0 aromatic carbocycles. The van der Waals surface area contributed by atoms with Gasteiger partial charge in [0.2, 0.25) is 0 Å². The van der Waals surface area contributed by atoms with Crippen molar-refractivity contribution < 1.29 is 34.8 Å². The van der Waals surface area contributed by atoms with E-state index in [1.165, 1.54) is 6.21 Å². The van der Waals surface area contributed by atoms with Crippen LogP contribution < -0.4 is 0 Å². The van der Waals surface area contributed by atoms with Gasteiger partial charge in [0.1, 0.15) is 6.54 Å². The Morgan fingerprint density at radius 1 is 0.818 bits per heavy atom. The molecule has 0 fully saturated rings. The number of carboxylic acids is 3. The van der Waals surface area contributed by atoms with Crippen LogP contribution in [-0.4, -0.2) is 131 Å². The van der Waals surface area contributed by atoms with Gasteiger partial charge in [-0.15, -0.1) is 0 Å². The third-order valence-corrected chi connectivity index (χ3v) is 5.08. The molecule has 0 spiro atoms. The average molecular weight is 475 g/mol. The molecule has 0 amide bonds. The lowest BCUT2D eigenvalue weighted by atomic mass is 9.89. The van der Waals surface area contributed by atoms with E-state index < -0.39 is 24.0 Å². The summed E-state index contributed by atoms with van der Waals surface area (Å²) in [4.78, 5) is 42.3. The molecule has 1 unspecified atom stereocenters. The Hall–Kier alpha value is -2.08. The number of aliphatic imine (C=N–C) groups is 1. The molecule has 0 bridgehead atoms. The van der Waals surface area contributed by atoms with E-state index in [1.54, 1.807) is 4.90 Å². The first-order valence-corrected chi connectivity index (χ1v) is 11.3. The Morgan fingerprint density at radius 3 is 1.73 bits per heavy atom. The van der Waals surface area contributed by atoms with Crippen molar-refractivity contribution in [2.45, 2.75) is 46.6 Å². The molecule has 1 atom stereocenters. The lowest BCUT2D eigenvalue weighted by Gasteiger charge is -2.34. The first kappa shape index (κ1) is 30.9. The molecule has 0 heterocycles. The summed E-state index contributed by atoms with van der Waals surface area (Å²) in [5.74, 6) is -2.88. The molecule has 0 aliphatic heterocycles. The highest BCUT2D eigenvalue weighted by Gasteiger charge is 2.25. The van der Waals surface area contributed by atoms with E-state index >= 15 is 0 Å². The number of aliphatic hydroxyl groups is 1. The summed E-state index contributed by atoms with van der Waals surface area (Å²) in [5.41, 5.74) is -0.330. The molecule has 0 aromatic rings. The maximum atomic E-state index is 11.3. The van der Waals surface area contributed by atoms with Crippen molar-refractivity contribution in [1.29, 1.82) is 0 Å². The first-order valence-electron chi connectivity index (χ1n) is 11.3. The third kappa shape index (κ3) is 17.1. The van der Waals surface area contributed by atoms with Crippen molar-refractivity contribution in [2.24, 2.45) is 10.4 Å². The average Bonchev–Trinajstić information content (AvgIpc) is 2.67. The first-order chi connectivity index (χ1) is 15.3. The molecule has 0 radical (unpaired) electrons. The summed E-state index contributed by atoms with van der Waals surface area (Å²) in [6.07, 6.45) is 2.13. The predicted octanol–water partition coefficient (Wildman–Crippen LogP) is 0.424. The monoisotopic (exact) mass is 474 g/mol. The van der Waals surface area contributed by atoms with Crippen molar-refractivity contribution in [2.75, 3.05) is 65.4 Å². The van der Waals surface area contributed by atoms with E-state index in [0.29, 0.717) is 52.2 Å². The third-order valence-electron chi connectivity index (χ3n) is 5.08. The van der Waals surface area contributed by atoms with Crippen molar-refractivity contribution in [3.05, 3.63) is 0 Å². The highest BCUT2D eigenvalue weighted by atomic mass is 16.4. The zero-order valence-electron chi connectivity index (χ0n) is 20.4. The number of rotatable bonds is 19. The van der Waals surface area contributed by atoms with Crippen LogP contribution in [0.2, 0.25) is 0 Å². The minimum absolute atomic E-state index is 0.0513. The van der Waals surface area contributed by atoms with Gasteiger partial charge >= 0.3 is 17.9 Å². The molecule has 11 heteroatoms. The number of carbonyl (C=O) groups is 3. The molecule has 0 saturated heterocycles. The second-order valence-electron chi connectivity index (χ2n) is 9.23.